The van der Waals surface area contributed by atoms with Gasteiger partial charge < -0.3 is 0 Å². The summed E-state index contributed by atoms with van der Waals surface area (Å²) in [6.07, 6.45) is 6.78. The fraction of sp³-hybridized carbons (Fsp3) is 0.312. The van der Waals surface area contributed by atoms with E-state index in [4.69, 9.17) is 0 Å². The van der Waals surface area contributed by atoms with Crippen molar-refractivity contribution >= 4 is 0 Å². The number of nitrogens with zero attached hydrogens (tertiary/aromatic N) is 1. The molecule has 1 aliphatic carbocycles. The number of benzene rings is 1. The highest BCUT2D eigenvalue weighted by Gasteiger charge is 2.21. The van der Waals surface area contributed by atoms with Crippen molar-refractivity contribution in [3.05, 3.63) is 65.5 Å². The SMILES string of the molecule is c1ccc(CCC2CCc3ccccc32)nc1. The van der Waals surface area contributed by atoms with Gasteiger partial charge in [0.05, 0.1) is 0 Å². The first-order valence-corrected chi connectivity index (χ1v) is 6.41. The molecule has 0 aliphatic heterocycles. The zero-order chi connectivity index (χ0) is 11.5. The Hall–Kier alpha value is -1.63. The maximum absolute atomic E-state index is 4.40. The quantitative estimate of drug-likeness (QED) is 0.772. The molecule has 1 aromatic carbocycles. The Labute approximate surface area is 103 Å². The lowest BCUT2D eigenvalue weighted by molar-refractivity contribution is 0.613. The molecular weight excluding hydrogens is 206 g/mol. The molecule has 0 spiro atoms. The molecule has 3 rings (SSSR count). The van der Waals surface area contributed by atoms with Gasteiger partial charge >= 0.3 is 0 Å². The van der Waals surface area contributed by atoms with E-state index in [1.165, 1.54) is 25.0 Å². The third-order valence-electron chi connectivity index (χ3n) is 3.73. The number of fused-ring (bicyclic) bond motifs is 1. The topological polar surface area (TPSA) is 12.9 Å². The van der Waals surface area contributed by atoms with Crippen LogP contribution in [0.25, 0.3) is 0 Å². The third-order valence-corrected chi connectivity index (χ3v) is 3.73. The molecule has 2 aromatic rings. The highest BCUT2D eigenvalue weighted by atomic mass is 14.7. The van der Waals surface area contributed by atoms with Crippen LogP contribution in [0, 0.1) is 0 Å². The largest absolute Gasteiger partial charge is 0.261 e. The molecule has 1 heteroatoms. The second-order valence-electron chi connectivity index (χ2n) is 4.79. The molecule has 1 aromatic heterocycles. The summed E-state index contributed by atoms with van der Waals surface area (Å²) >= 11 is 0. The van der Waals surface area contributed by atoms with Crippen LogP contribution >= 0.6 is 0 Å². The van der Waals surface area contributed by atoms with Gasteiger partial charge in [0.2, 0.25) is 0 Å². The molecule has 1 aliphatic rings. The molecule has 0 amide bonds. The van der Waals surface area contributed by atoms with E-state index < -0.39 is 0 Å². The third kappa shape index (κ3) is 2.23. The number of pyridine rings is 1. The first kappa shape index (κ1) is 10.5. The zero-order valence-corrected chi connectivity index (χ0v) is 9.97. The van der Waals surface area contributed by atoms with Crippen molar-refractivity contribution in [1.82, 2.24) is 4.98 Å². The fourth-order valence-corrected chi connectivity index (χ4v) is 2.81. The van der Waals surface area contributed by atoms with Crippen molar-refractivity contribution in [3.63, 3.8) is 0 Å². The van der Waals surface area contributed by atoms with Gasteiger partial charge in [0.15, 0.2) is 0 Å². The Kier molecular flexibility index (Phi) is 2.91. The van der Waals surface area contributed by atoms with Crippen LogP contribution in [-0.4, -0.2) is 4.98 Å². The van der Waals surface area contributed by atoms with Crippen LogP contribution in [0.2, 0.25) is 0 Å². The Balaban J connectivity index is 1.68. The van der Waals surface area contributed by atoms with Crippen LogP contribution in [0.5, 0.6) is 0 Å². The van der Waals surface area contributed by atoms with Crippen molar-refractivity contribution in [2.45, 2.75) is 31.6 Å². The second kappa shape index (κ2) is 4.70. The van der Waals surface area contributed by atoms with Gasteiger partial charge in [-0.05, 0) is 54.9 Å². The van der Waals surface area contributed by atoms with Crippen LogP contribution in [0.3, 0.4) is 0 Å². The Morgan fingerprint density at radius 2 is 1.94 bits per heavy atom. The van der Waals surface area contributed by atoms with Crippen molar-refractivity contribution in [2.24, 2.45) is 0 Å². The molecule has 0 N–H and O–H groups in total. The van der Waals surface area contributed by atoms with Crippen LogP contribution in [-0.2, 0) is 12.8 Å². The Bertz CT molecular complexity index is 490. The molecule has 86 valence electrons. The summed E-state index contributed by atoms with van der Waals surface area (Å²) in [6, 6.07) is 15.1. The van der Waals surface area contributed by atoms with E-state index in [-0.39, 0.29) is 0 Å². The van der Waals surface area contributed by atoms with Crippen molar-refractivity contribution < 1.29 is 0 Å². The van der Waals surface area contributed by atoms with Gasteiger partial charge in [0.25, 0.3) is 0 Å². The van der Waals surface area contributed by atoms with Gasteiger partial charge in [-0.2, -0.15) is 0 Å². The first-order chi connectivity index (χ1) is 8.43. The average Bonchev–Trinajstić information content (AvgIpc) is 2.81. The monoisotopic (exact) mass is 223 g/mol. The average molecular weight is 223 g/mol. The summed E-state index contributed by atoms with van der Waals surface area (Å²) < 4.78 is 0. The summed E-state index contributed by atoms with van der Waals surface area (Å²) in [5.74, 6) is 0.744. The van der Waals surface area contributed by atoms with Crippen LogP contribution in [0.4, 0.5) is 0 Å². The maximum Gasteiger partial charge on any atom is 0.0403 e. The van der Waals surface area contributed by atoms with E-state index in [1.54, 1.807) is 11.1 Å². The lowest BCUT2D eigenvalue weighted by Crippen LogP contribution is -1.97. The van der Waals surface area contributed by atoms with Crippen LogP contribution in [0.1, 0.15) is 35.6 Å². The highest BCUT2D eigenvalue weighted by Crippen LogP contribution is 2.35. The van der Waals surface area contributed by atoms with Crippen molar-refractivity contribution in [2.75, 3.05) is 0 Å². The van der Waals surface area contributed by atoms with Crippen LogP contribution < -0.4 is 0 Å². The molecule has 1 nitrogen and oxygen atoms in total. The number of aromatic nitrogens is 1. The van der Waals surface area contributed by atoms with Gasteiger partial charge in [0.1, 0.15) is 0 Å². The molecule has 0 saturated heterocycles. The number of hydrogen-bond donors (Lipinski definition) is 0. The predicted octanol–water partition coefficient (Wildman–Crippen LogP) is 3.74. The molecule has 1 heterocycles. The lowest BCUT2D eigenvalue weighted by Gasteiger charge is -2.10. The summed E-state index contributed by atoms with van der Waals surface area (Å²) in [4.78, 5) is 4.40. The Morgan fingerprint density at radius 1 is 1.06 bits per heavy atom. The second-order valence-corrected chi connectivity index (χ2v) is 4.79. The number of rotatable bonds is 3. The Morgan fingerprint density at radius 3 is 2.82 bits per heavy atom. The van der Waals surface area contributed by atoms with E-state index in [1.807, 2.05) is 12.3 Å². The van der Waals surface area contributed by atoms with Crippen LogP contribution in [0.15, 0.2) is 48.7 Å². The maximum atomic E-state index is 4.40. The standard InChI is InChI=1S/C16H17N/c1-2-7-16-13(5-1)8-9-14(16)10-11-15-6-3-4-12-17-15/h1-7,12,14H,8-11H2. The van der Waals surface area contributed by atoms with E-state index in [2.05, 4.69) is 41.4 Å². The summed E-state index contributed by atoms with van der Waals surface area (Å²) in [7, 11) is 0. The minimum atomic E-state index is 0.744. The normalized spacial score (nSPS) is 18.0. The predicted molar refractivity (Wildman–Crippen MR) is 70.1 cm³/mol. The summed E-state index contributed by atoms with van der Waals surface area (Å²) in [5, 5.41) is 0. The molecule has 17 heavy (non-hydrogen) atoms. The number of hydrogen-bond acceptors (Lipinski definition) is 1. The fourth-order valence-electron chi connectivity index (χ4n) is 2.81. The smallest absolute Gasteiger partial charge is 0.0403 e. The van der Waals surface area contributed by atoms with Crippen molar-refractivity contribution in [3.8, 4) is 0 Å². The van der Waals surface area contributed by atoms with Gasteiger partial charge in [-0.1, -0.05) is 30.3 Å². The lowest BCUT2D eigenvalue weighted by atomic mass is 9.95. The van der Waals surface area contributed by atoms with E-state index in [0.29, 0.717) is 0 Å². The highest BCUT2D eigenvalue weighted by molar-refractivity contribution is 5.34. The number of aryl methyl sites for hydroxylation is 2. The van der Waals surface area contributed by atoms with Crippen molar-refractivity contribution in [1.29, 1.82) is 0 Å². The van der Waals surface area contributed by atoms with E-state index in [9.17, 15) is 0 Å². The molecule has 1 atom stereocenters. The zero-order valence-electron chi connectivity index (χ0n) is 9.97. The molecule has 1 unspecified atom stereocenters. The molecule has 0 saturated carbocycles. The van der Waals surface area contributed by atoms with Gasteiger partial charge in [0, 0.05) is 11.9 Å². The minimum Gasteiger partial charge on any atom is -0.261 e. The minimum absolute atomic E-state index is 0.744. The van der Waals surface area contributed by atoms with Gasteiger partial charge in [-0.25, -0.2) is 0 Å². The van der Waals surface area contributed by atoms with E-state index >= 15 is 0 Å². The van der Waals surface area contributed by atoms with Gasteiger partial charge in [-0.3, -0.25) is 4.98 Å². The molecule has 0 fully saturated rings. The first-order valence-electron chi connectivity index (χ1n) is 6.41. The molecule has 0 bridgehead atoms. The van der Waals surface area contributed by atoms with Gasteiger partial charge in [-0.15, -0.1) is 0 Å². The summed E-state index contributed by atoms with van der Waals surface area (Å²) in [6.45, 7) is 0. The summed E-state index contributed by atoms with van der Waals surface area (Å²) in [5.41, 5.74) is 4.35. The molecular formula is C16H17N. The van der Waals surface area contributed by atoms with E-state index in [0.717, 1.165) is 12.3 Å². The molecule has 0 radical (unpaired) electrons.